The lowest BCUT2D eigenvalue weighted by Gasteiger charge is -2.17. The molecule has 0 radical (unpaired) electrons. The number of carbonyl (C=O) groups excluding carboxylic acids is 1. The number of sulfonamides is 1. The molecule has 3 aromatic rings. The highest BCUT2D eigenvalue weighted by Crippen LogP contribution is 2.42. The quantitative estimate of drug-likeness (QED) is 0.321. The smallest absolute Gasteiger partial charge is 0.278 e. The van der Waals surface area contributed by atoms with Gasteiger partial charge >= 0.3 is 0 Å². The molecule has 2 aromatic heterocycles. The molecule has 1 aliphatic carbocycles. The predicted molar refractivity (Wildman–Crippen MR) is 130 cm³/mol. The van der Waals surface area contributed by atoms with Crippen molar-refractivity contribution in [2.45, 2.75) is 25.7 Å². The second kappa shape index (κ2) is 9.69. The Bertz CT molecular complexity index is 1300. The minimum Gasteiger partial charge on any atom is -0.353 e. The number of hydrogen-bond donors (Lipinski definition) is 4. The highest BCUT2D eigenvalue weighted by molar-refractivity contribution is 7.92. The van der Waals surface area contributed by atoms with Crippen LogP contribution in [0.1, 0.15) is 41.6 Å². The molecule has 2 heterocycles. The zero-order valence-corrected chi connectivity index (χ0v) is 19.9. The van der Waals surface area contributed by atoms with Crippen LogP contribution in [0.5, 0.6) is 0 Å². The number of amides is 1. The molecule has 4 N–H and O–H groups in total. The maximum Gasteiger partial charge on any atom is 0.278 e. The van der Waals surface area contributed by atoms with Crippen LogP contribution in [0.3, 0.4) is 0 Å². The van der Waals surface area contributed by atoms with Gasteiger partial charge in [0.1, 0.15) is 5.82 Å². The van der Waals surface area contributed by atoms with E-state index in [1.54, 1.807) is 43.0 Å². The van der Waals surface area contributed by atoms with Crippen molar-refractivity contribution in [1.29, 1.82) is 0 Å². The Morgan fingerprint density at radius 3 is 2.56 bits per heavy atom. The Hall–Kier alpha value is -3.64. The monoisotopic (exact) mass is 485 g/mol. The van der Waals surface area contributed by atoms with E-state index < -0.39 is 15.9 Å². The minimum absolute atomic E-state index is 0.219. The number of aromatic nitrogens is 3. The molecule has 1 aliphatic rings. The van der Waals surface area contributed by atoms with Gasteiger partial charge < -0.3 is 10.6 Å². The van der Waals surface area contributed by atoms with Gasteiger partial charge in [-0.2, -0.15) is 5.10 Å². The molecule has 1 saturated carbocycles. The van der Waals surface area contributed by atoms with Crippen molar-refractivity contribution in [1.82, 2.24) is 20.2 Å². The summed E-state index contributed by atoms with van der Waals surface area (Å²) in [5.74, 6) is 0.979. The molecule has 34 heavy (non-hydrogen) atoms. The second-order valence-electron chi connectivity index (χ2n) is 8.06. The van der Waals surface area contributed by atoms with Crippen LogP contribution < -0.4 is 20.8 Å². The van der Waals surface area contributed by atoms with Gasteiger partial charge in [0.25, 0.3) is 5.91 Å². The summed E-state index contributed by atoms with van der Waals surface area (Å²) in [5, 5.41) is 10.6. The van der Waals surface area contributed by atoms with E-state index in [1.807, 2.05) is 12.1 Å². The Kier molecular flexibility index (Phi) is 6.70. The number of aryl methyl sites for hydroxylation is 1. The zero-order chi connectivity index (χ0) is 24.3. The Morgan fingerprint density at radius 2 is 1.91 bits per heavy atom. The lowest BCUT2D eigenvalue weighted by molar-refractivity contribution is 0.0365. The molecule has 0 unspecified atom stereocenters. The summed E-state index contributed by atoms with van der Waals surface area (Å²) in [6.45, 7) is 2.05. The maximum atomic E-state index is 12.7. The van der Waals surface area contributed by atoms with Gasteiger partial charge in [-0.05, 0) is 43.4 Å². The summed E-state index contributed by atoms with van der Waals surface area (Å²) >= 11 is 0. The minimum atomic E-state index is -3.52. The van der Waals surface area contributed by atoms with E-state index in [0.29, 0.717) is 41.2 Å². The third kappa shape index (κ3) is 6.02. The fourth-order valence-electron chi connectivity index (χ4n) is 3.38. The van der Waals surface area contributed by atoms with Gasteiger partial charge in [-0.3, -0.25) is 19.0 Å². The second-order valence-corrected chi connectivity index (χ2v) is 9.81. The molecule has 0 saturated heterocycles. The highest BCUT2D eigenvalue weighted by atomic mass is 32.2. The van der Waals surface area contributed by atoms with Gasteiger partial charge in [-0.15, -0.1) is 0 Å². The standard InChI is InChI=1S/C22H27N7O4S/c1-4-33-27-22(30)16-13-23-21(25-20-9-10-29(2)26-20)12-18(16)24-17-8-7-15(14-5-6-14)11-19(17)28-34(3,31)32/h7-14,28H,4-6H2,1-3H3,(H,27,30)(H2,23,24,25,26). The first-order chi connectivity index (χ1) is 16.2. The number of rotatable bonds is 10. The third-order valence-corrected chi connectivity index (χ3v) is 5.68. The first-order valence-electron chi connectivity index (χ1n) is 10.8. The average Bonchev–Trinajstić information content (AvgIpc) is 3.54. The lowest BCUT2D eigenvalue weighted by atomic mass is 10.1. The van der Waals surface area contributed by atoms with Gasteiger partial charge in [0.15, 0.2) is 5.82 Å². The van der Waals surface area contributed by atoms with E-state index in [4.69, 9.17) is 4.84 Å². The topological polar surface area (TPSA) is 139 Å². The Balaban J connectivity index is 1.70. The SMILES string of the molecule is CCONC(=O)c1cnc(Nc2ccn(C)n2)cc1Nc1ccc(C2CC2)cc1NS(C)(=O)=O. The zero-order valence-electron chi connectivity index (χ0n) is 19.1. The molecular weight excluding hydrogens is 458 g/mol. The van der Waals surface area contributed by atoms with Crippen molar-refractivity contribution in [2.24, 2.45) is 7.05 Å². The number of carbonyl (C=O) groups is 1. The van der Waals surface area contributed by atoms with E-state index >= 15 is 0 Å². The summed E-state index contributed by atoms with van der Waals surface area (Å²) in [5.41, 5.74) is 4.95. The Morgan fingerprint density at radius 1 is 1.12 bits per heavy atom. The largest absolute Gasteiger partial charge is 0.353 e. The number of pyridine rings is 1. The first-order valence-corrected chi connectivity index (χ1v) is 12.7. The molecule has 0 spiro atoms. The van der Waals surface area contributed by atoms with Crippen LogP contribution in [0.25, 0.3) is 0 Å². The van der Waals surface area contributed by atoms with Gasteiger partial charge in [0, 0.05) is 31.6 Å². The fourth-order valence-corrected chi connectivity index (χ4v) is 3.95. The van der Waals surface area contributed by atoms with Crippen molar-refractivity contribution in [3.8, 4) is 0 Å². The van der Waals surface area contributed by atoms with E-state index in [0.717, 1.165) is 24.7 Å². The molecule has 12 heteroatoms. The fraction of sp³-hybridized carbons (Fsp3) is 0.318. The molecule has 1 aromatic carbocycles. The van der Waals surface area contributed by atoms with Crippen molar-refractivity contribution in [3.05, 3.63) is 53.9 Å². The summed E-state index contributed by atoms with van der Waals surface area (Å²) < 4.78 is 28.2. The van der Waals surface area contributed by atoms with Gasteiger partial charge in [0.2, 0.25) is 10.0 Å². The molecule has 4 rings (SSSR count). The van der Waals surface area contributed by atoms with Crippen molar-refractivity contribution in [2.75, 3.05) is 28.2 Å². The molecule has 0 bridgehead atoms. The van der Waals surface area contributed by atoms with E-state index in [-0.39, 0.29) is 5.56 Å². The van der Waals surface area contributed by atoms with Crippen LogP contribution in [0.4, 0.5) is 28.7 Å². The maximum absolute atomic E-state index is 12.7. The molecule has 0 atom stereocenters. The number of anilines is 5. The average molecular weight is 486 g/mol. The van der Waals surface area contributed by atoms with E-state index in [2.05, 4.69) is 30.9 Å². The number of nitrogens with one attached hydrogen (secondary N) is 4. The number of hydroxylamine groups is 1. The molecule has 11 nitrogen and oxygen atoms in total. The Labute approximate surface area is 197 Å². The molecule has 1 fully saturated rings. The van der Waals surface area contributed by atoms with Crippen molar-refractivity contribution < 1.29 is 18.0 Å². The lowest BCUT2D eigenvalue weighted by Crippen LogP contribution is -2.24. The van der Waals surface area contributed by atoms with Crippen molar-refractivity contribution in [3.63, 3.8) is 0 Å². The third-order valence-electron chi connectivity index (χ3n) is 5.08. The van der Waals surface area contributed by atoms with Crippen LogP contribution in [0.2, 0.25) is 0 Å². The predicted octanol–water partition coefficient (Wildman–Crippen LogP) is 3.23. The molecular formula is C22H27N7O4S. The van der Waals surface area contributed by atoms with Gasteiger partial charge in [-0.25, -0.2) is 18.9 Å². The van der Waals surface area contributed by atoms with Gasteiger partial charge in [0.05, 0.1) is 35.5 Å². The van der Waals surface area contributed by atoms with E-state index in [9.17, 15) is 13.2 Å². The van der Waals surface area contributed by atoms with E-state index in [1.165, 1.54) is 6.20 Å². The van der Waals surface area contributed by atoms with Crippen LogP contribution in [0.15, 0.2) is 42.7 Å². The normalized spacial score (nSPS) is 13.4. The molecule has 180 valence electrons. The molecule has 0 aliphatic heterocycles. The summed E-state index contributed by atoms with van der Waals surface area (Å²) in [6.07, 6.45) is 6.46. The summed E-state index contributed by atoms with van der Waals surface area (Å²) in [4.78, 5) is 22.1. The summed E-state index contributed by atoms with van der Waals surface area (Å²) in [6, 6.07) is 9.03. The van der Waals surface area contributed by atoms with Crippen molar-refractivity contribution >= 4 is 44.6 Å². The first kappa shape index (κ1) is 23.5. The molecule has 1 amide bonds. The number of hydrogen-bond acceptors (Lipinski definition) is 8. The van der Waals surface area contributed by atoms with Crippen LogP contribution in [0, 0.1) is 0 Å². The number of benzene rings is 1. The van der Waals surface area contributed by atoms with Crippen LogP contribution in [-0.2, 0) is 21.9 Å². The highest BCUT2D eigenvalue weighted by Gasteiger charge is 2.25. The van der Waals surface area contributed by atoms with Gasteiger partial charge in [-0.1, -0.05) is 6.07 Å². The van der Waals surface area contributed by atoms with Crippen LogP contribution >= 0.6 is 0 Å². The van der Waals surface area contributed by atoms with Crippen LogP contribution in [-0.4, -0.2) is 42.0 Å². The number of nitrogens with zero attached hydrogens (tertiary/aromatic N) is 3. The summed E-state index contributed by atoms with van der Waals surface area (Å²) in [7, 11) is -1.72.